The van der Waals surface area contributed by atoms with Gasteiger partial charge in [0.05, 0.1) is 15.5 Å². The molecule has 0 saturated carbocycles. The van der Waals surface area contributed by atoms with E-state index in [1.54, 1.807) is 96.2 Å². The van der Waals surface area contributed by atoms with Crippen LogP contribution in [0.5, 0.6) is 0 Å². The molecule has 0 fully saturated rings. The van der Waals surface area contributed by atoms with E-state index in [-0.39, 0.29) is 15.8 Å². The highest BCUT2D eigenvalue weighted by atomic mass is 32.2. The number of nitrogens with one attached hydrogen (secondary N) is 3. The van der Waals surface area contributed by atoms with Crippen molar-refractivity contribution in [3.8, 4) is 5.69 Å². The third-order valence-electron chi connectivity index (χ3n) is 4.57. The summed E-state index contributed by atoms with van der Waals surface area (Å²) in [6.07, 6.45) is 6.74. The van der Waals surface area contributed by atoms with E-state index in [1.165, 1.54) is 0 Å². The van der Waals surface area contributed by atoms with E-state index in [2.05, 4.69) is 20.7 Å². The predicted octanol–water partition coefficient (Wildman–Crippen LogP) is 3.24. The third kappa shape index (κ3) is 4.78. The highest BCUT2D eigenvalue weighted by molar-refractivity contribution is 7.91. The molecule has 0 aliphatic heterocycles. The molecule has 0 aliphatic carbocycles. The van der Waals surface area contributed by atoms with Crippen LogP contribution in [0.1, 0.15) is 5.56 Å². The van der Waals surface area contributed by atoms with Crippen LogP contribution in [0.4, 0.5) is 5.69 Å². The Balaban J connectivity index is 1.40. The van der Waals surface area contributed by atoms with Crippen molar-refractivity contribution in [2.45, 2.75) is 16.3 Å². The number of sulfone groups is 1. The summed E-state index contributed by atoms with van der Waals surface area (Å²) in [6.45, 7) is 0.385. The first-order chi connectivity index (χ1) is 15.0. The first-order valence-corrected chi connectivity index (χ1v) is 10.9. The van der Waals surface area contributed by atoms with Crippen LogP contribution in [0, 0.1) is 5.41 Å². The van der Waals surface area contributed by atoms with Gasteiger partial charge in [-0.25, -0.2) is 13.1 Å². The average Bonchev–Trinajstić information content (AvgIpc) is 3.34. The van der Waals surface area contributed by atoms with Crippen LogP contribution >= 0.6 is 0 Å². The molecule has 0 saturated heterocycles. The van der Waals surface area contributed by atoms with Gasteiger partial charge in [-0.1, -0.05) is 12.1 Å². The summed E-state index contributed by atoms with van der Waals surface area (Å²) < 4.78 is 27.5. The summed E-state index contributed by atoms with van der Waals surface area (Å²) >= 11 is 0. The molecule has 2 heterocycles. The number of rotatable bonds is 6. The Morgan fingerprint density at radius 3 is 2.16 bits per heavy atom. The summed E-state index contributed by atoms with van der Waals surface area (Å²) in [5.74, 6) is 0.139. The Labute approximate surface area is 180 Å². The summed E-state index contributed by atoms with van der Waals surface area (Å²) in [4.78, 5) is 4.36. The number of nitrogens with zero attached hydrogens (tertiary/aromatic N) is 3. The molecule has 0 bridgehead atoms. The van der Waals surface area contributed by atoms with Crippen molar-refractivity contribution in [3.05, 3.63) is 97.1 Å². The highest BCUT2D eigenvalue weighted by Gasteiger charge is 2.17. The fraction of sp³-hybridized carbons (Fsp3) is 0.0455. The molecule has 0 unspecified atom stereocenters. The lowest BCUT2D eigenvalue weighted by atomic mass is 10.2. The molecular formula is C22H20N6O2S. The van der Waals surface area contributed by atoms with Gasteiger partial charge < -0.3 is 10.6 Å². The molecule has 2 aromatic carbocycles. The van der Waals surface area contributed by atoms with Gasteiger partial charge >= 0.3 is 0 Å². The number of benzene rings is 2. The van der Waals surface area contributed by atoms with Crippen molar-refractivity contribution in [2.75, 3.05) is 5.32 Å². The summed E-state index contributed by atoms with van der Waals surface area (Å²) in [5, 5.41) is 18.0. The zero-order chi connectivity index (χ0) is 21.7. The van der Waals surface area contributed by atoms with Crippen LogP contribution < -0.4 is 10.6 Å². The average molecular weight is 433 g/mol. The second kappa shape index (κ2) is 8.80. The van der Waals surface area contributed by atoms with Crippen LogP contribution in [0.15, 0.2) is 101 Å². The van der Waals surface area contributed by atoms with Gasteiger partial charge in [0.2, 0.25) is 9.84 Å². The van der Waals surface area contributed by atoms with Gasteiger partial charge in [-0.3, -0.25) is 10.4 Å². The lowest BCUT2D eigenvalue weighted by molar-refractivity contribution is 0.596. The maximum atomic E-state index is 12.9. The van der Waals surface area contributed by atoms with Crippen LogP contribution in [0.2, 0.25) is 0 Å². The molecule has 0 atom stereocenters. The number of anilines is 1. The number of aromatic nitrogens is 3. The number of hydrogen-bond donors (Lipinski definition) is 3. The second-order valence-corrected chi connectivity index (χ2v) is 8.63. The molecule has 3 N–H and O–H groups in total. The standard InChI is InChI=1S/C22H20N6O2S/c23-22(27-18-10-13-24-14-11-18)25-16-17-2-6-20(7-3-17)31(29,30)21-8-4-19(5-9-21)28-15-1-12-26-28/h1-15H,16H2,(H3,23,24,25,27). The van der Waals surface area contributed by atoms with Gasteiger partial charge in [0.1, 0.15) is 0 Å². The summed E-state index contributed by atoms with van der Waals surface area (Å²) in [7, 11) is -3.62. The first kappa shape index (κ1) is 20.3. The van der Waals surface area contributed by atoms with E-state index in [9.17, 15) is 8.42 Å². The fourth-order valence-electron chi connectivity index (χ4n) is 2.94. The Morgan fingerprint density at radius 1 is 0.903 bits per heavy atom. The molecule has 9 heteroatoms. The summed E-state index contributed by atoms with van der Waals surface area (Å²) in [6, 6.07) is 18.5. The van der Waals surface area contributed by atoms with Crippen LogP contribution in [-0.4, -0.2) is 29.1 Å². The SMILES string of the molecule is N=C(NCc1ccc(S(=O)(=O)c2ccc(-n3cccn3)cc2)cc1)Nc1ccncc1. The lowest BCUT2D eigenvalue weighted by Gasteiger charge is -2.11. The zero-order valence-corrected chi connectivity index (χ0v) is 17.3. The van der Waals surface area contributed by atoms with E-state index >= 15 is 0 Å². The minimum atomic E-state index is -3.62. The monoisotopic (exact) mass is 432 g/mol. The van der Waals surface area contributed by atoms with Crippen LogP contribution in [0.25, 0.3) is 5.69 Å². The predicted molar refractivity (Wildman–Crippen MR) is 118 cm³/mol. The number of hydrogen-bond acceptors (Lipinski definition) is 5. The maximum absolute atomic E-state index is 12.9. The maximum Gasteiger partial charge on any atom is 0.206 e. The van der Waals surface area contributed by atoms with Crippen molar-refractivity contribution in [1.29, 1.82) is 5.41 Å². The molecule has 156 valence electrons. The van der Waals surface area contributed by atoms with Gasteiger partial charge in [-0.2, -0.15) is 5.10 Å². The topological polar surface area (TPSA) is 113 Å². The molecule has 31 heavy (non-hydrogen) atoms. The molecule has 2 aromatic heterocycles. The van der Waals surface area contributed by atoms with Gasteiger partial charge in [-0.05, 0) is 60.2 Å². The Kier molecular flexibility index (Phi) is 5.76. The molecular weight excluding hydrogens is 412 g/mol. The molecule has 4 aromatic rings. The highest BCUT2D eigenvalue weighted by Crippen LogP contribution is 2.22. The largest absolute Gasteiger partial charge is 0.352 e. The summed E-state index contributed by atoms with van der Waals surface area (Å²) in [5.41, 5.74) is 2.40. The van der Waals surface area contributed by atoms with Crippen molar-refractivity contribution >= 4 is 21.5 Å². The Hall–Kier alpha value is -3.98. The molecule has 0 aliphatic rings. The minimum absolute atomic E-state index is 0.139. The lowest BCUT2D eigenvalue weighted by Crippen LogP contribution is -2.29. The number of guanidine groups is 1. The minimum Gasteiger partial charge on any atom is -0.352 e. The normalized spacial score (nSPS) is 11.1. The van der Waals surface area contributed by atoms with Crippen molar-refractivity contribution in [2.24, 2.45) is 0 Å². The van der Waals surface area contributed by atoms with Gasteiger partial charge in [0.15, 0.2) is 5.96 Å². The zero-order valence-electron chi connectivity index (χ0n) is 16.4. The Morgan fingerprint density at radius 2 is 1.55 bits per heavy atom. The quantitative estimate of drug-likeness (QED) is 0.318. The molecule has 0 amide bonds. The molecule has 8 nitrogen and oxygen atoms in total. The molecule has 0 spiro atoms. The van der Waals surface area contributed by atoms with Gasteiger partial charge in [0.25, 0.3) is 0 Å². The molecule has 0 radical (unpaired) electrons. The Bertz CT molecular complexity index is 1250. The second-order valence-electron chi connectivity index (χ2n) is 6.68. The van der Waals surface area contributed by atoms with Crippen molar-refractivity contribution in [3.63, 3.8) is 0 Å². The van der Waals surface area contributed by atoms with E-state index < -0.39 is 9.84 Å². The smallest absolute Gasteiger partial charge is 0.206 e. The van der Waals surface area contributed by atoms with E-state index in [0.717, 1.165) is 16.9 Å². The van der Waals surface area contributed by atoms with E-state index in [1.807, 2.05) is 0 Å². The van der Waals surface area contributed by atoms with Crippen LogP contribution in [-0.2, 0) is 16.4 Å². The first-order valence-electron chi connectivity index (χ1n) is 9.46. The van der Waals surface area contributed by atoms with Gasteiger partial charge in [-0.15, -0.1) is 0 Å². The van der Waals surface area contributed by atoms with Crippen molar-refractivity contribution < 1.29 is 8.42 Å². The van der Waals surface area contributed by atoms with Gasteiger partial charge in [0, 0.05) is 37.0 Å². The molecule has 4 rings (SSSR count). The van der Waals surface area contributed by atoms with E-state index in [4.69, 9.17) is 5.41 Å². The third-order valence-corrected chi connectivity index (χ3v) is 6.35. The number of pyridine rings is 1. The fourth-order valence-corrected chi connectivity index (χ4v) is 4.20. The van der Waals surface area contributed by atoms with E-state index in [0.29, 0.717) is 6.54 Å². The van der Waals surface area contributed by atoms with Crippen LogP contribution in [0.3, 0.4) is 0 Å². The van der Waals surface area contributed by atoms with Crippen molar-refractivity contribution in [1.82, 2.24) is 20.1 Å².